The summed E-state index contributed by atoms with van der Waals surface area (Å²) < 4.78 is 4.05. The molecular formula is C29H39N7O2. The molecule has 0 radical (unpaired) electrons. The van der Waals surface area contributed by atoms with E-state index in [9.17, 15) is 9.59 Å². The number of hydrogen-bond donors (Lipinski definition) is 0. The molecule has 2 aromatic heterocycles. The zero-order valence-electron chi connectivity index (χ0n) is 23.3. The van der Waals surface area contributed by atoms with Gasteiger partial charge in [-0.05, 0) is 55.9 Å². The molecule has 0 N–H and O–H groups in total. The number of likely N-dealkylation sites (N-methyl/N-ethyl adjacent to an activating group) is 1. The van der Waals surface area contributed by atoms with Crippen LogP contribution in [0.5, 0.6) is 0 Å². The summed E-state index contributed by atoms with van der Waals surface area (Å²) in [6.45, 7) is 8.51. The molecule has 38 heavy (non-hydrogen) atoms. The molecule has 2 aliphatic heterocycles. The van der Waals surface area contributed by atoms with Gasteiger partial charge in [0.1, 0.15) is 0 Å². The van der Waals surface area contributed by atoms with Gasteiger partial charge in [-0.25, -0.2) is 0 Å². The number of anilines is 2. The summed E-state index contributed by atoms with van der Waals surface area (Å²) in [4.78, 5) is 29.9. The Morgan fingerprint density at radius 3 is 2.53 bits per heavy atom. The van der Waals surface area contributed by atoms with E-state index in [0.717, 1.165) is 63.1 Å². The Morgan fingerprint density at radius 1 is 1.11 bits per heavy atom. The highest BCUT2D eigenvalue weighted by Gasteiger charge is 2.30. The minimum absolute atomic E-state index is 0.0677. The lowest BCUT2D eigenvalue weighted by atomic mass is 9.97. The van der Waals surface area contributed by atoms with Crippen LogP contribution in [0.2, 0.25) is 0 Å². The maximum atomic E-state index is 11.9. The molecule has 202 valence electrons. The van der Waals surface area contributed by atoms with Crippen LogP contribution in [0.3, 0.4) is 0 Å². The number of carbonyl (C=O) groups is 2. The number of nitrogens with zero attached hydrogens (tertiary/aromatic N) is 7. The average Bonchev–Trinajstić information content (AvgIpc) is 3.49. The average molecular weight is 518 g/mol. The number of rotatable bonds is 6. The Kier molecular flexibility index (Phi) is 7.27. The molecule has 1 fully saturated rings. The largest absolute Gasteiger partial charge is 0.346 e. The molecule has 0 spiro atoms. The topological polar surface area (TPSA) is 79.5 Å². The van der Waals surface area contributed by atoms with Crippen molar-refractivity contribution in [2.24, 2.45) is 7.05 Å². The lowest BCUT2D eigenvalue weighted by molar-refractivity contribution is -0.130. The number of benzene rings is 1. The molecule has 3 aromatic rings. The van der Waals surface area contributed by atoms with Gasteiger partial charge < -0.3 is 14.7 Å². The van der Waals surface area contributed by atoms with E-state index < -0.39 is 0 Å². The van der Waals surface area contributed by atoms with E-state index in [0.29, 0.717) is 6.54 Å². The maximum absolute atomic E-state index is 11.9. The third-order valence-electron chi connectivity index (χ3n) is 8.22. The number of likely N-dealkylation sites (tertiary alicyclic amines) is 1. The predicted molar refractivity (Wildman–Crippen MR) is 148 cm³/mol. The molecule has 0 atom stereocenters. The van der Waals surface area contributed by atoms with Gasteiger partial charge in [0.25, 0.3) is 0 Å². The van der Waals surface area contributed by atoms with Crippen LogP contribution >= 0.6 is 0 Å². The van der Waals surface area contributed by atoms with Gasteiger partial charge in [-0.3, -0.25) is 19.0 Å². The first-order valence-corrected chi connectivity index (χ1v) is 13.7. The Bertz CT molecular complexity index is 1330. The van der Waals surface area contributed by atoms with E-state index >= 15 is 0 Å². The molecule has 2 aliphatic rings. The van der Waals surface area contributed by atoms with E-state index in [2.05, 4.69) is 46.0 Å². The molecule has 0 bridgehead atoms. The molecule has 0 aliphatic carbocycles. The Labute approximate surface area is 225 Å². The summed E-state index contributed by atoms with van der Waals surface area (Å²) in [7, 11) is 3.80. The van der Waals surface area contributed by atoms with Crippen molar-refractivity contribution in [2.45, 2.75) is 58.9 Å². The summed E-state index contributed by atoms with van der Waals surface area (Å²) >= 11 is 0. The highest BCUT2D eigenvalue weighted by Crippen LogP contribution is 2.39. The summed E-state index contributed by atoms with van der Waals surface area (Å²) in [5, 5.41) is 9.59. The van der Waals surface area contributed by atoms with Crippen molar-refractivity contribution >= 4 is 23.3 Å². The fourth-order valence-corrected chi connectivity index (χ4v) is 5.82. The van der Waals surface area contributed by atoms with Gasteiger partial charge in [0, 0.05) is 89.2 Å². The van der Waals surface area contributed by atoms with Crippen LogP contribution < -0.4 is 4.90 Å². The van der Waals surface area contributed by atoms with Gasteiger partial charge in [0.2, 0.25) is 11.8 Å². The zero-order valence-corrected chi connectivity index (χ0v) is 23.3. The van der Waals surface area contributed by atoms with Crippen molar-refractivity contribution < 1.29 is 9.59 Å². The molecule has 0 saturated carbocycles. The van der Waals surface area contributed by atoms with E-state index in [4.69, 9.17) is 5.10 Å². The van der Waals surface area contributed by atoms with Crippen molar-refractivity contribution in [3.63, 3.8) is 0 Å². The smallest absolute Gasteiger partial charge is 0.219 e. The Hall–Kier alpha value is -3.62. The number of carbonyl (C=O) groups excluding carboxylic acids is 2. The highest BCUT2D eigenvalue weighted by atomic mass is 16.2. The summed E-state index contributed by atoms with van der Waals surface area (Å²) in [6.07, 6.45) is 8.60. The molecule has 1 aromatic carbocycles. The van der Waals surface area contributed by atoms with Crippen LogP contribution in [0.1, 0.15) is 56.0 Å². The van der Waals surface area contributed by atoms with Crippen molar-refractivity contribution in [3.05, 3.63) is 47.4 Å². The fraction of sp³-hybridized carbons (Fsp3) is 0.517. The van der Waals surface area contributed by atoms with Crippen molar-refractivity contribution in [3.8, 4) is 11.1 Å². The quantitative estimate of drug-likeness (QED) is 0.496. The van der Waals surface area contributed by atoms with Gasteiger partial charge in [-0.2, -0.15) is 10.2 Å². The first-order chi connectivity index (χ1) is 18.2. The van der Waals surface area contributed by atoms with Gasteiger partial charge in [-0.15, -0.1) is 0 Å². The van der Waals surface area contributed by atoms with Crippen LogP contribution in [0.25, 0.3) is 11.1 Å². The van der Waals surface area contributed by atoms with Gasteiger partial charge >= 0.3 is 0 Å². The third kappa shape index (κ3) is 5.06. The first-order valence-electron chi connectivity index (χ1n) is 13.7. The number of piperidine rings is 1. The number of fused-ring (bicyclic) bond motifs is 1. The monoisotopic (exact) mass is 517 g/mol. The lowest BCUT2D eigenvalue weighted by Crippen LogP contribution is -2.38. The minimum atomic E-state index is 0.0677. The second-order valence-electron chi connectivity index (χ2n) is 10.8. The number of amides is 2. The van der Waals surface area contributed by atoms with Gasteiger partial charge in [0.15, 0.2) is 5.82 Å². The SMILES string of the molecule is CC(=O)N(C)CCc1c(C)c(N2CCCc3cc(-c4cnn(C)c4)ccc32)nn1C1CCN(C(C)=O)CC1. The molecule has 5 rings (SSSR count). The Balaban J connectivity index is 1.48. The summed E-state index contributed by atoms with van der Waals surface area (Å²) in [6, 6.07) is 6.95. The molecule has 9 nitrogen and oxygen atoms in total. The van der Waals surface area contributed by atoms with Gasteiger partial charge in [-0.1, -0.05) is 6.07 Å². The standard InChI is InChI=1S/C29H39N7O2/c1-20-27(12-14-32(4)21(2)37)36(26-10-15-34(16-11-26)22(3)38)31-29(20)35-13-6-7-24-17-23(8-9-28(24)35)25-18-30-33(5)19-25/h8-9,17-19,26H,6-7,10-16H2,1-5H3. The second-order valence-corrected chi connectivity index (χ2v) is 10.8. The highest BCUT2D eigenvalue weighted by molar-refractivity contribution is 5.74. The zero-order chi connectivity index (χ0) is 27.0. The van der Waals surface area contributed by atoms with Crippen LogP contribution in [0, 0.1) is 6.92 Å². The lowest BCUT2D eigenvalue weighted by Gasteiger charge is -2.32. The van der Waals surface area contributed by atoms with E-state index in [1.54, 1.807) is 18.7 Å². The number of hydrogen-bond acceptors (Lipinski definition) is 5. The van der Waals surface area contributed by atoms with E-state index in [-0.39, 0.29) is 17.9 Å². The molecular weight excluding hydrogens is 478 g/mol. The van der Waals surface area contributed by atoms with Crippen molar-refractivity contribution in [2.75, 3.05) is 38.1 Å². The fourth-order valence-electron chi connectivity index (χ4n) is 5.82. The normalized spacial score (nSPS) is 16.0. The van der Waals surface area contributed by atoms with Crippen LogP contribution in [0.4, 0.5) is 11.5 Å². The molecule has 4 heterocycles. The Morgan fingerprint density at radius 2 is 1.87 bits per heavy atom. The third-order valence-corrected chi connectivity index (χ3v) is 8.22. The number of aromatic nitrogens is 4. The van der Waals surface area contributed by atoms with Crippen LogP contribution in [-0.4, -0.2) is 74.4 Å². The number of aryl methyl sites for hydroxylation is 2. The molecule has 0 unspecified atom stereocenters. The van der Waals surface area contributed by atoms with Crippen molar-refractivity contribution in [1.82, 2.24) is 29.4 Å². The molecule has 2 amide bonds. The summed E-state index contributed by atoms with van der Waals surface area (Å²) in [5.41, 5.74) is 7.23. The van der Waals surface area contributed by atoms with Gasteiger partial charge in [0.05, 0.1) is 12.2 Å². The minimum Gasteiger partial charge on any atom is -0.346 e. The first kappa shape index (κ1) is 26.0. The van der Waals surface area contributed by atoms with Crippen LogP contribution in [0.15, 0.2) is 30.6 Å². The van der Waals surface area contributed by atoms with E-state index in [1.807, 2.05) is 29.9 Å². The van der Waals surface area contributed by atoms with Crippen molar-refractivity contribution in [1.29, 1.82) is 0 Å². The van der Waals surface area contributed by atoms with Crippen LogP contribution in [-0.2, 0) is 29.5 Å². The maximum Gasteiger partial charge on any atom is 0.219 e. The molecule has 9 heteroatoms. The summed E-state index contributed by atoms with van der Waals surface area (Å²) in [5.74, 6) is 1.22. The second kappa shape index (κ2) is 10.6. The molecule has 1 saturated heterocycles. The van der Waals surface area contributed by atoms with E-state index in [1.165, 1.54) is 28.1 Å². The predicted octanol–water partition coefficient (Wildman–Crippen LogP) is 3.88.